The summed E-state index contributed by atoms with van der Waals surface area (Å²) in [6.07, 6.45) is 0.634. The number of carbonyl (C=O) groups is 1. The van der Waals surface area contributed by atoms with Crippen LogP contribution in [0.3, 0.4) is 0 Å². The van der Waals surface area contributed by atoms with Crippen LogP contribution in [0.2, 0.25) is 0 Å². The summed E-state index contributed by atoms with van der Waals surface area (Å²) in [7, 11) is 0. The maximum atomic E-state index is 11.0. The zero-order valence-corrected chi connectivity index (χ0v) is 8.53. The Kier molecular flexibility index (Phi) is 3.69. The first-order valence-electron chi connectivity index (χ1n) is 4.73. The number of amides is 1. The van der Waals surface area contributed by atoms with E-state index in [2.05, 4.69) is 5.32 Å². The lowest BCUT2D eigenvalue weighted by atomic mass is 10.1. The zero-order valence-electron chi connectivity index (χ0n) is 8.53. The van der Waals surface area contributed by atoms with Crippen LogP contribution < -0.4 is 11.1 Å². The first kappa shape index (κ1) is 11.1. The second-order valence-electron chi connectivity index (χ2n) is 3.20. The highest BCUT2D eigenvalue weighted by atomic mass is 16.1. The average molecular weight is 203 g/mol. The van der Waals surface area contributed by atoms with Crippen LogP contribution in [0.5, 0.6) is 0 Å². The van der Waals surface area contributed by atoms with Gasteiger partial charge >= 0.3 is 0 Å². The number of benzene rings is 1. The molecule has 4 heteroatoms. The summed E-state index contributed by atoms with van der Waals surface area (Å²) >= 11 is 0. The lowest BCUT2D eigenvalue weighted by molar-refractivity contribution is -0.118. The molecule has 0 saturated carbocycles. The number of carbonyl (C=O) groups excluding carboxylic acids is 1. The van der Waals surface area contributed by atoms with Crippen molar-refractivity contribution < 1.29 is 4.79 Å². The molecule has 78 valence electrons. The molecule has 1 aromatic carbocycles. The minimum absolute atomic E-state index is 0.363. The fourth-order valence-corrected chi connectivity index (χ4v) is 1.22. The first-order valence-corrected chi connectivity index (χ1v) is 4.73. The van der Waals surface area contributed by atoms with Gasteiger partial charge in [0.2, 0.25) is 5.91 Å². The van der Waals surface area contributed by atoms with E-state index in [1.54, 1.807) is 24.3 Å². The van der Waals surface area contributed by atoms with Crippen LogP contribution in [0.15, 0.2) is 24.3 Å². The molecule has 4 nitrogen and oxygen atoms in total. The van der Waals surface area contributed by atoms with Crippen molar-refractivity contribution in [2.24, 2.45) is 5.73 Å². The predicted molar refractivity (Wildman–Crippen MR) is 58.1 cm³/mol. The van der Waals surface area contributed by atoms with Crippen molar-refractivity contribution in [2.75, 3.05) is 5.32 Å². The summed E-state index contributed by atoms with van der Waals surface area (Å²) in [5, 5.41) is 11.6. The van der Waals surface area contributed by atoms with Crippen molar-refractivity contribution in [3.8, 4) is 6.07 Å². The molecule has 1 unspecified atom stereocenters. The van der Waals surface area contributed by atoms with Gasteiger partial charge in [0.05, 0.1) is 11.6 Å². The third kappa shape index (κ3) is 2.99. The Morgan fingerprint density at radius 2 is 2.13 bits per heavy atom. The third-order valence-corrected chi connectivity index (χ3v) is 2.11. The van der Waals surface area contributed by atoms with Gasteiger partial charge in [-0.3, -0.25) is 4.79 Å². The van der Waals surface area contributed by atoms with Gasteiger partial charge in [0.15, 0.2) is 0 Å². The van der Waals surface area contributed by atoms with Gasteiger partial charge in [-0.25, -0.2) is 0 Å². The van der Waals surface area contributed by atoms with Crippen LogP contribution in [0.4, 0.5) is 5.69 Å². The molecule has 1 rings (SSSR count). The Morgan fingerprint density at radius 3 is 2.53 bits per heavy atom. The van der Waals surface area contributed by atoms with Gasteiger partial charge in [0.1, 0.15) is 6.04 Å². The van der Waals surface area contributed by atoms with Gasteiger partial charge in [0.25, 0.3) is 0 Å². The standard InChI is InChI=1S/C11H13N3O/c1-2-10(11(13)15)14-9-5-3-8(7-12)4-6-9/h3-6,10,14H,2H2,1H3,(H2,13,15). The van der Waals surface area contributed by atoms with Gasteiger partial charge in [0, 0.05) is 5.69 Å². The Balaban J connectivity index is 2.72. The fourth-order valence-electron chi connectivity index (χ4n) is 1.22. The minimum Gasteiger partial charge on any atom is -0.374 e. The molecule has 1 atom stereocenters. The van der Waals surface area contributed by atoms with Gasteiger partial charge < -0.3 is 11.1 Å². The number of nitriles is 1. The Labute approximate surface area is 88.7 Å². The van der Waals surface area contributed by atoms with Crippen molar-refractivity contribution in [3.05, 3.63) is 29.8 Å². The lowest BCUT2D eigenvalue weighted by Gasteiger charge is -2.14. The molecular formula is C11H13N3O. The topological polar surface area (TPSA) is 78.9 Å². The lowest BCUT2D eigenvalue weighted by Crippen LogP contribution is -2.34. The molecule has 0 radical (unpaired) electrons. The maximum absolute atomic E-state index is 11.0. The Morgan fingerprint density at radius 1 is 1.53 bits per heavy atom. The van der Waals surface area contributed by atoms with E-state index in [1.807, 2.05) is 13.0 Å². The summed E-state index contributed by atoms with van der Waals surface area (Å²) < 4.78 is 0. The summed E-state index contributed by atoms with van der Waals surface area (Å²) in [5.41, 5.74) is 6.58. The number of hydrogen-bond donors (Lipinski definition) is 2. The van der Waals surface area contributed by atoms with Crippen LogP contribution in [0.25, 0.3) is 0 Å². The fraction of sp³-hybridized carbons (Fsp3) is 0.273. The van der Waals surface area contributed by atoms with Crippen LogP contribution in [0, 0.1) is 11.3 Å². The number of anilines is 1. The summed E-state index contributed by atoms with van der Waals surface area (Å²) in [4.78, 5) is 11.0. The molecule has 0 aliphatic rings. The number of nitrogens with zero attached hydrogens (tertiary/aromatic N) is 1. The molecule has 3 N–H and O–H groups in total. The summed E-state index contributed by atoms with van der Waals surface area (Å²) in [6, 6.07) is 8.55. The van der Waals surface area contributed by atoms with E-state index < -0.39 is 0 Å². The number of nitrogens with one attached hydrogen (secondary N) is 1. The zero-order chi connectivity index (χ0) is 11.3. The largest absolute Gasteiger partial charge is 0.374 e. The highest BCUT2D eigenvalue weighted by molar-refractivity contribution is 5.82. The number of nitrogens with two attached hydrogens (primary N) is 1. The van der Waals surface area contributed by atoms with Gasteiger partial charge in [-0.15, -0.1) is 0 Å². The monoisotopic (exact) mass is 203 g/mol. The van der Waals surface area contributed by atoms with E-state index in [-0.39, 0.29) is 11.9 Å². The van der Waals surface area contributed by atoms with Gasteiger partial charge in [-0.1, -0.05) is 6.92 Å². The van der Waals surface area contributed by atoms with Gasteiger partial charge in [-0.05, 0) is 30.7 Å². The van der Waals surface area contributed by atoms with E-state index in [4.69, 9.17) is 11.0 Å². The van der Waals surface area contributed by atoms with Gasteiger partial charge in [-0.2, -0.15) is 5.26 Å². The highest BCUT2D eigenvalue weighted by Crippen LogP contribution is 2.11. The Bertz CT molecular complexity index is 378. The molecule has 0 spiro atoms. The second kappa shape index (κ2) is 5.01. The average Bonchev–Trinajstić information content (AvgIpc) is 2.26. The number of hydrogen-bond acceptors (Lipinski definition) is 3. The number of rotatable bonds is 4. The second-order valence-corrected chi connectivity index (χ2v) is 3.20. The summed E-state index contributed by atoms with van der Waals surface area (Å²) in [5.74, 6) is -0.373. The first-order chi connectivity index (χ1) is 7.17. The van der Waals surface area contributed by atoms with Crippen molar-refractivity contribution in [1.29, 1.82) is 5.26 Å². The Hall–Kier alpha value is -2.02. The molecule has 0 aliphatic heterocycles. The highest BCUT2D eigenvalue weighted by Gasteiger charge is 2.11. The summed E-state index contributed by atoms with van der Waals surface area (Å²) in [6.45, 7) is 1.88. The van der Waals surface area contributed by atoms with Crippen LogP contribution in [0.1, 0.15) is 18.9 Å². The maximum Gasteiger partial charge on any atom is 0.239 e. The molecule has 1 amide bonds. The van der Waals surface area contributed by atoms with E-state index in [0.29, 0.717) is 12.0 Å². The quantitative estimate of drug-likeness (QED) is 0.772. The molecule has 0 fully saturated rings. The van der Waals surface area contributed by atoms with Crippen LogP contribution >= 0.6 is 0 Å². The molecule has 0 saturated heterocycles. The smallest absolute Gasteiger partial charge is 0.239 e. The molecule has 0 bridgehead atoms. The predicted octanol–water partition coefficient (Wildman–Crippen LogP) is 1.23. The van der Waals surface area contributed by atoms with Crippen molar-refractivity contribution in [3.63, 3.8) is 0 Å². The third-order valence-electron chi connectivity index (χ3n) is 2.11. The molecule has 1 aromatic rings. The molecule has 15 heavy (non-hydrogen) atoms. The van der Waals surface area contributed by atoms with Crippen LogP contribution in [-0.4, -0.2) is 11.9 Å². The normalized spacial score (nSPS) is 11.5. The van der Waals surface area contributed by atoms with Crippen molar-refractivity contribution in [1.82, 2.24) is 0 Å². The molecule has 0 heterocycles. The van der Waals surface area contributed by atoms with Crippen molar-refractivity contribution in [2.45, 2.75) is 19.4 Å². The molecule has 0 aliphatic carbocycles. The minimum atomic E-state index is -0.373. The van der Waals surface area contributed by atoms with Crippen LogP contribution in [-0.2, 0) is 4.79 Å². The molecular weight excluding hydrogens is 190 g/mol. The number of primary amides is 1. The van der Waals surface area contributed by atoms with E-state index in [9.17, 15) is 4.79 Å². The molecule has 0 aromatic heterocycles. The SMILES string of the molecule is CCC(Nc1ccc(C#N)cc1)C(N)=O. The van der Waals surface area contributed by atoms with E-state index >= 15 is 0 Å². The van der Waals surface area contributed by atoms with Crippen molar-refractivity contribution >= 4 is 11.6 Å². The van der Waals surface area contributed by atoms with E-state index in [1.165, 1.54) is 0 Å². The van der Waals surface area contributed by atoms with E-state index in [0.717, 1.165) is 5.69 Å².